The molecule has 1 aliphatic rings. The van der Waals surface area contributed by atoms with Gasteiger partial charge in [0.1, 0.15) is 30.0 Å². The monoisotopic (exact) mass is 551 g/mol. The Kier molecular flexibility index (Phi) is 5.84. The molecule has 0 spiro atoms. The third kappa shape index (κ3) is 4.58. The quantitative estimate of drug-likeness (QED) is 0.404. The van der Waals surface area contributed by atoms with Crippen LogP contribution in [0, 0.1) is 17.5 Å². The number of halogens is 4. The van der Waals surface area contributed by atoms with Crippen molar-refractivity contribution < 1.29 is 41.5 Å². The summed E-state index contributed by atoms with van der Waals surface area (Å²) in [7, 11) is -2.46. The number of benzene rings is 1. The van der Waals surface area contributed by atoms with Crippen molar-refractivity contribution >= 4 is 26.7 Å². The fourth-order valence-electron chi connectivity index (χ4n) is 3.31. The van der Waals surface area contributed by atoms with Crippen molar-refractivity contribution in [2.24, 2.45) is 0 Å². The van der Waals surface area contributed by atoms with Crippen molar-refractivity contribution in [1.82, 2.24) is 20.0 Å². The minimum atomic E-state index is -2.46. The first-order valence-electron chi connectivity index (χ1n) is 10.7. The van der Waals surface area contributed by atoms with Crippen LogP contribution in [0.4, 0.5) is 13.2 Å². The number of nitrogens with zero attached hydrogens (tertiary/aromatic N) is 4. The summed E-state index contributed by atoms with van der Waals surface area (Å²) in [5.41, 5.74) is -2.06. The Morgan fingerprint density at radius 1 is 1.21 bits per heavy atom. The molecular formula is C19H16BrF3N4O5S. The molecule has 1 saturated heterocycles. The molecule has 1 aliphatic heterocycles. The van der Waals surface area contributed by atoms with E-state index in [-0.39, 0.29) is 15.7 Å². The number of pyridine rings is 1. The molecule has 3 N–H and O–H groups in total. The van der Waals surface area contributed by atoms with Crippen molar-refractivity contribution in [3.05, 3.63) is 58.6 Å². The van der Waals surface area contributed by atoms with Crippen molar-refractivity contribution in [2.75, 3.05) is 6.61 Å². The van der Waals surface area contributed by atoms with Crippen LogP contribution in [0.2, 0.25) is 0 Å². The van der Waals surface area contributed by atoms with Crippen LogP contribution >= 0.6 is 15.9 Å². The molecule has 9 nitrogen and oxygen atoms in total. The molecule has 0 radical (unpaired) electrons. The highest BCUT2D eigenvalue weighted by Gasteiger charge is 2.48. The summed E-state index contributed by atoms with van der Waals surface area (Å²) in [6.07, 6.45) is -4.90. The third-order valence-electron chi connectivity index (χ3n) is 4.89. The highest BCUT2D eigenvalue weighted by molar-refractivity contribution is 9.10. The number of aliphatic hydroxyl groups is 3. The Morgan fingerprint density at radius 2 is 1.91 bits per heavy atom. The zero-order valence-electron chi connectivity index (χ0n) is 19.2. The lowest BCUT2D eigenvalue weighted by Gasteiger charge is -2.41. The number of hydrogen-bond donors (Lipinski definition) is 3. The molecule has 0 bridgehead atoms. The first-order valence-corrected chi connectivity index (χ1v) is 11.2. The minimum Gasteiger partial charge on any atom is -0.394 e. The second-order valence-corrected chi connectivity index (χ2v) is 9.20. The first-order chi connectivity index (χ1) is 17.0. The van der Waals surface area contributed by atoms with Crippen LogP contribution in [-0.2, 0) is 15.5 Å². The molecule has 2 aromatic heterocycles. The average Bonchev–Trinajstić information content (AvgIpc) is 3.30. The van der Waals surface area contributed by atoms with Crippen molar-refractivity contribution in [1.29, 1.82) is 0 Å². The van der Waals surface area contributed by atoms with E-state index < -0.39 is 87.9 Å². The van der Waals surface area contributed by atoms with E-state index in [0.29, 0.717) is 12.1 Å². The lowest BCUT2D eigenvalue weighted by atomic mass is 9.97. The van der Waals surface area contributed by atoms with Crippen LogP contribution in [0.5, 0.6) is 0 Å². The number of aliphatic hydroxyl groups excluding tert-OH is 3. The van der Waals surface area contributed by atoms with E-state index in [9.17, 15) is 32.7 Å². The molecule has 0 saturated carbocycles. The van der Waals surface area contributed by atoms with Crippen molar-refractivity contribution in [3.63, 3.8) is 0 Å². The Balaban J connectivity index is 1.72. The fraction of sp³-hybridized carbons (Fsp3) is 0.316. The number of rotatable bonds is 5. The second-order valence-electron chi connectivity index (χ2n) is 6.94. The topological polar surface area (TPSA) is 131 Å². The number of aromatic nitrogens is 4. The van der Waals surface area contributed by atoms with Gasteiger partial charge < -0.3 is 20.1 Å². The summed E-state index contributed by atoms with van der Waals surface area (Å²) >= 11 is 2.96. The maximum atomic E-state index is 13.6. The van der Waals surface area contributed by atoms with Crippen LogP contribution in [0.3, 0.4) is 0 Å². The third-order valence-corrected chi connectivity index (χ3v) is 6.67. The Labute approximate surface area is 199 Å². The molecule has 1 aromatic carbocycles. The molecule has 3 aromatic rings. The van der Waals surface area contributed by atoms with Gasteiger partial charge in [0.25, 0.3) is 0 Å². The lowest BCUT2D eigenvalue weighted by molar-refractivity contribution is -0.179. The van der Waals surface area contributed by atoms with E-state index in [0.717, 1.165) is 10.9 Å². The summed E-state index contributed by atoms with van der Waals surface area (Å²) in [6.45, 7) is -0.789. The van der Waals surface area contributed by atoms with Gasteiger partial charge in [-0.1, -0.05) is 5.21 Å². The van der Waals surface area contributed by atoms with Crippen molar-refractivity contribution in [2.45, 2.75) is 34.7 Å². The predicted octanol–water partition coefficient (Wildman–Crippen LogP) is 1.31. The number of ether oxygens (including phenoxy) is 1. The molecule has 6 atom stereocenters. The van der Waals surface area contributed by atoms with E-state index in [1.165, 1.54) is 0 Å². The minimum absolute atomic E-state index is 0.151. The van der Waals surface area contributed by atoms with Gasteiger partial charge in [0.2, 0.25) is 0 Å². The largest absolute Gasteiger partial charge is 0.394 e. The molecule has 4 rings (SSSR count). The summed E-state index contributed by atoms with van der Waals surface area (Å²) < 4.78 is 83.8. The Hall–Kier alpha value is -2.23. The normalized spacial score (nSPS) is 27.6. The maximum absolute atomic E-state index is 13.6. The standard InChI is InChI=1S/C19H16BrF3N4O5S/c20-9-3-10(5-24-4-9)33(31)19-18(30)16(17(29)14(7-28)32-19)27-6-13(25-26-27)8-1-11(21)15(23)12(22)2-8/h1-6,14,16-19,28-30H,7H2/t14-,16+,17+,18-,19-,33-/m1/s1/i3D,4D,5D. The molecule has 3 heterocycles. The van der Waals surface area contributed by atoms with Crippen molar-refractivity contribution in [3.8, 4) is 11.3 Å². The average molecular weight is 552 g/mol. The maximum Gasteiger partial charge on any atom is 0.194 e. The highest BCUT2D eigenvalue weighted by atomic mass is 79.9. The van der Waals surface area contributed by atoms with E-state index >= 15 is 0 Å². The van der Waals surface area contributed by atoms with Gasteiger partial charge in [-0.2, -0.15) is 0 Å². The molecule has 1 fully saturated rings. The molecule has 33 heavy (non-hydrogen) atoms. The van der Waals surface area contributed by atoms with Crippen LogP contribution < -0.4 is 0 Å². The van der Waals surface area contributed by atoms with Gasteiger partial charge >= 0.3 is 0 Å². The van der Waals surface area contributed by atoms with Crippen LogP contribution in [-0.4, -0.2) is 69.9 Å². The second kappa shape index (κ2) is 9.56. The highest BCUT2D eigenvalue weighted by Crippen LogP contribution is 2.34. The smallest absolute Gasteiger partial charge is 0.194 e. The zero-order chi connectivity index (χ0) is 26.5. The molecular weight excluding hydrogens is 533 g/mol. The molecule has 176 valence electrons. The molecule has 0 amide bonds. The van der Waals surface area contributed by atoms with E-state index in [4.69, 9.17) is 8.85 Å². The van der Waals surface area contributed by atoms with Gasteiger partial charge in [0.05, 0.1) is 32.6 Å². The van der Waals surface area contributed by atoms with Gasteiger partial charge in [-0.25, -0.2) is 17.9 Å². The number of hydrogen-bond acceptors (Lipinski definition) is 8. The van der Waals surface area contributed by atoms with Crippen LogP contribution in [0.1, 0.15) is 10.2 Å². The van der Waals surface area contributed by atoms with Gasteiger partial charge in [0.15, 0.2) is 22.9 Å². The van der Waals surface area contributed by atoms with Gasteiger partial charge in [0, 0.05) is 22.4 Å². The predicted molar refractivity (Wildman–Crippen MR) is 110 cm³/mol. The Bertz CT molecular complexity index is 1330. The van der Waals surface area contributed by atoms with Gasteiger partial charge in [-0.3, -0.25) is 9.19 Å². The summed E-state index contributed by atoms with van der Waals surface area (Å²) in [5, 5.41) is 38.9. The van der Waals surface area contributed by atoms with Crippen LogP contribution in [0.15, 0.2) is 46.1 Å². The summed E-state index contributed by atoms with van der Waals surface area (Å²) in [6, 6.07) is -0.619. The lowest BCUT2D eigenvalue weighted by Crippen LogP contribution is -2.57. The van der Waals surface area contributed by atoms with Gasteiger partial charge in [-0.15, -0.1) is 5.10 Å². The molecule has 14 heteroatoms. The zero-order valence-corrected chi connectivity index (χ0v) is 18.6. The first kappa shape index (κ1) is 20.2. The fourth-order valence-corrected chi connectivity index (χ4v) is 4.96. The van der Waals surface area contributed by atoms with E-state index in [1.807, 2.05) is 0 Å². The summed E-state index contributed by atoms with van der Waals surface area (Å²) in [4.78, 5) is 3.12. The van der Waals surface area contributed by atoms with Gasteiger partial charge in [-0.05, 0) is 34.1 Å². The van der Waals surface area contributed by atoms with E-state index in [1.54, 1.807) is 0 Å². The van der Waals surface area contributed by atoms with E-state index in [2.05, 4.69) is 31.2 Å². The van der Waals surface area contributed by atoms with Crippen LogP contribution in [0.25, 0.3) is 11.3 Å². The summed E-state index contributed by atoms with van der Waals surface area (Å²) in [5.74, 6) is -4.63. The molecule has 0 unspecified atom stereocenters. The molecule has 0 aliphatic carbocycles. The Morgan fingerprint density at radius 3 is 2.58 bits per heavy atom. The SMILES string of the molecule is [2H]c1nc([2H])c([S@@](=O)[C@H]2O[C@H](CO)[C@H](O)[C@H](n3cc(-c4cc(F)c(F)c(F)c4)nn3)[C@H]2O)c([2H])c1Br.